The summed E-state index contributed by atoms with van der Waals surface area (Å²) in [5, 5.41) is 0. The van der Waals surface area contributed by atoms with Crippen molar-refractivity contribution < 1.29 is 4.79 Å². The Morgan fingerprint density at radius 2 is 2.26 bits per heavy atom. The van der Waals surface area contributed by atoms with Crippen molar-refractivity contribution in [2.45, 2.75) is 45.1 Å². The first-order valence-electron chi connectivity index (χ1n) is 8.65. The second-order valence-electron chi connectivity index (χ2n) is 7.26. The molecule has 0 unspecified atom stereocenters. The number of piperidine rings is 1. The van der Waals surface area contributed by atoms with Gasteiger partial charge in [0.2, 0.25) is 0 Å². The van der Waals surface area contributed by atoms with Crippen LogP contribution >= 0.6 is 0 Å². The van der Waals surface area contributed by atoms with E-state index in [2.05, 4.69) is 28.0 Å². The molecule has 1 aliphatic heterocycles. The van der Waals surface area contributed by atoms with Crippen molar-refractivity contribution in [2.75, 3.05) is 13.1 Å². The molecule has 1 saturated heterocycles. The molecule has 2 aromatic rings. The zero-order valence-electron chi connectivity index (χ0n) is 13.6. The van der Waals surface area contributed by atoms with Crippen LogP contribution in [0.15, 0.2) is 12.3 Å². The van der Waals surface area contributed by atoms with Crippen LogP contribution in [-0.4, -0.2) is 33.9 Å². The summed E-state index contributed by atoms with van der Waals surface area (Å²) < 4.78 is 0. The van der Waals surface area contributed by atoms with Crippen molar-refractivity contribution in [3.63, 3.8) is 0 Å². The Hall–Kier alpha value is -1.88. The number of hydrogen-bond donors (Lipinski definition) is 2. The van der Waals surface area contributed by atoms with E-state index in [1.807, 2.05) is 6.07 Å². The summed E-state index contributed by atoms with van der Waals surface area (Å²) in [7, 11) is 0. The van der Waals surface area contributed by atoms with Crippen molar-refractivity contribution in [2.24, 2.45) is 11.7 Å². The lowest BCUT2D eigenvalue weighted by Gasteiger charge is -2.31. The molecule has 2 aliphatic rings. The molecule has 23 heavy (non-hydrogen) atoms. The highest BCUT2D eigenvalue weighted by molar-refractivity contribution is 5.95. The lowest BCUT2D eigenvalue weighted by Crippen LogP contribution is -2.33. The summed E-state index contributed by atoms with van der Waals surface area (Å²) in [6, 6.07) is 1.87. The van der Waals surface area contributed by atoms with Crippen LogP contribution in [0, 0.1) is 5.92 Å². The normalized spacial score (nSPS) is 22.6. The molecule has 2 aromatic heterocycles. The van der Waals surface area contributed by atoms with Gasteiger partial charge in [-0.05, 0) is 61.3 Å². The van der Waals surface area contributed by atoms with E-state index in [4.69, 9.17) is 5.73 Å². The van der Waals surface area contributed by atoms with Gasteiger partial charge in [0, 0.05) is 19.3 Å². The van der Waals surface area contributed by atoms with E-state index < -0.39 is 5.91 Å². The molecule has 2 fully saturated rings. The molecule has 5 nitrogen and oxygen atoms in total. The fourth-order valence-electron chi connectivity index (χ4n) is 3.81. The Bertz CT molecular complexity index is 747. The second-order valence-corrected chi connectivity index (χ2v) is 7.26. The number of aromatic nitrogens is 2. The molecule has 0 bridgehead atoms. The number of H-pyrrole nitrogens is 1. The van der Waals surface area contributed by atoms with Crippen LogP contribution in [0.2, 0.25) is 0 Å². The van der Waals surface area contributed by atoms with Crippen LogP contribution in [0.5, 0.6) is 0 Å². The number of nitrogens with one attached hydrogen (secondary N) is 1. The van der Waals surface area contributed by atoms with Crippen molar-refractivity contribution >= 4 is 16.9 Å². The smallest absolute Gasteiger partial charge is 0.267 e. The van der Waals surface area contributed by atoms with Gasteiger partial charge < -0.3 is 10.7 Å². The number of rotatable bonds is 4. The number of pyridine rings is 1. The topological polar surface area (TPSA) is 75.0 Å². The monoisotopic (exact) mass is 312 g/mol. The minimum Gasteiger partial charge on any atom is -0.364 e. The number of primary amides is 1. The van der Waals surface area contributed by atoms with Gasteiger partial charge in [-0.3, -0.25) is 9.69 Å². The summed E-state index contributed by atoms with van der Waals surface area (Å²) in [5.41, 5.74) is 10.3. The third-order valence-corrected chi connectivity index (χ3v) is 5.15. The average Bonchev–Trinajstić information content (AvgIpc) is 3.26. The summed E-state index contributed by atoms with van der Waals surface area (Å²) in [5.74, 6) is 0.896. The van der Waals surface area contributed by atoms with E-state index in [1.54, 1.807) is 0 Å². The molecule has 4 rings (SSSR count). The number of amides is 1. The summed E-state index contributed by atoms with van der Waals surface area (Å²) in [6.07, 6.45) is 7.06. The number of carbonyl (C=O) groups is 1. The predicted molar refractivity (Wildman–Crippen MR) is 90.3 cm³/mol. The lowest BCUT2D eigenvalue weighted by atomic mass is 9.99. The molecule has 3 heterocycles. The molecule has 122 valence electrons. The first-order chi connectivity index (χ1) is 11.1. The van der Waals surface area contributed by atoms with Gasteiger partial charge in [-0.15, -0.1) is 0 Å². The molecular weight excluding hydrogens is 288 g/mol. The van der Waals surface area contributed by atoms with Crippen molar-refractivity contribution in [3.8, 4) is 0 Å². The van der Waals surface area contributed by atoms with E-state index >= 15 is 0 Å². The van der Waals surface area contributed by atoms with Gasteiger partial charge in [-0.2, -0.15) is 0 Å². The number of carbonyl (C=O) groups excluding carboxylic acids is 1. The molecule has 1 saturated carbocycles. The molecule has 0 spiro atoms. The summed E-state index contributed by atoms with van der Waals surface area (Å²) >= 11 is 0. The molecule has 1 atom stereocenters. The number of fused-ring (bicyclic) bond motifs is 1. The third kappa shape index (κ3) is 2.85. The number of nitrogens with two attached hydrogens (primary N) is 1. The zero-order valence-corrected chi connectivity index (χ0v) is 13.6. The van der Waals surface area contributed by atoms with E-state index in [1.165, 1.54) is 31.2 Å². The minimum atomic E-state index is -0.442. The van der Waals surface area contributed by atoms with E-state index in [-0.39, 0.29) is 0 Å². The van der Waals surface area contributed by atoms with E-state index in [0.717, 1.165) is 42.1 Å². The molecule has 1 aliphatic carbocycles. The van der Waals surface area contributed by atoms with Crippen LogP contribution < -0.4 is 5.73 Å². The van der Waals surface area contributed by atoms with Gasteiger partial charge >= 0.3 is 0 Å². The van der Waals surface area contributed by atoms with Gasteiger partial charge in [0.05, 0.1) is 11.0 Å². The van der Waals surface area contributed by atoms with Crippen LogP contribution in [0.25, 0.3) is 11.0 Å². The second kappa shape index (κ2) is 5.64. The SMILES string of the molecule is C[C@H]1CCCN(Cc2cc(C(N)=O)nc3c(C4CC4)c[nH]c23)C1. The number of nitrogens with zero attached hydrogens (tertiary/aromatic N) is 2. The average molecular weight is 312 g/mol. The molecule has 0 aromatic carbocycles. The maximum Gasteiger partial charge on any atom is 0.267 e. The van der Waals surface area contributed by atoms with Crippen molar-refractivity contribution in [1.82, 2.24) is 14.9 Å². The van der Waals surface area contributed by atoms with Crippen LogP contribution in [0.1, 0.15) is 60.1 Å². The van der Waals surface area contributed by atoms with Gasteiger partial charge in [0.15, 0.2) is 0 Å². The Labute approximate surface area is 136 Å². The Morgan fingerprint density at radius 1 is 1.43 bits per heavy atom. The third-order valence-electron chi connectivity index (χ3n) is 5.15. The number of hydrogen-bond acceptors (Lipinski definition) is 3. The predicted octanol–water partition coefficient (Wildman–Crippen LogP) is 2.77. The van der Waals surface area contributed by atoms with Gasteiger partial charge in [-0.25, -0.2) is 4.98 Å². The number of likely N-dealkylation sites (tertiary alicyclic amines) is 1. The Balaban J connectivity index is 1.73. The standard InChI is InChI=1S/C18H24N4O/c1-11-3-2-6-22(9-11)10-13-7-15(18(19)23)21-17-14(12-4-5-12)8-20-16(13)17/h7-8,11-12,20H,2-6,9-10H2,1H3,(H2,19,23)/t11-/m0/s1. The first-order valence-corrected chi connectivity index (χ1v) is 8.65. The van der Waals surface area contributed by atoms with Gasteiger partial charge in [-0.1, -0.05) is 6.92 Å². The first kappa shape index (κ1) is 14.7. The lowest BCUT2D eigenvalue weighted by molar-refractivity contribution is 0.0995. The maximum absolute atomic E-state index is 11.7. The van der Waals surface area contributed by atoms with Crippen molar-refractivity contribution in [1.29, 1.82) is 0 Å². The fraction of sp³-hybridized carbons (Fsp3) is 0.556. The molecule has 5 heteroatoms. The highest BCUT2D eigenvalue weighted by Gasteiger charge is 2.28. The maximum atomic E-state index is 11.7. The highest BCUT2D eigenvalue weighted by Crippen LogP contribution is 2.43. The zero-order chi connectivity index (χ0) is 16.0. The molecule has 3 N–H and O–H groups in total. The largest absolute Gasteiger partial charge is 0.364 e. The number of aromatic amines is 1. The Kier molecular flexibility index (Phi) is 3.60. The molecule has 0 radical (unpaired) electrons. The minimum absolute atomic E-state index is 0.388. The highest BCUT2D eigenvalue weighted by atomic mass is 16.1. The van der Waals surface area contributed by atoms with Gasteiger partial charge in [0.25, 0.3) is 5.91 Å². The van der Waals surface area contributed by atoms with E-state index in [0.29, 0.717) is 11.6 Å². The summed E-state index contributed by atoms with van der Waals surface area (Å²) in [4.78, 5) is 22.1. The van der Waals surface area contributed by atoms with Crippen LogP contribution in [-0.2, 0) is 6.54 Å². The van der Waals surface area contributed by atoms with Crippen LogP contribution in [0.3, 0.4) is 0 Å². The molecular formula is C18H24N4O. The quantitative estimate of drug-likeness (QED) is 0.911. The Morgan fingerprint density at radius 3 is 2.96 bits per heavy atom. The van der Waals surface area contributed by atoms with E-state index in [9.17, 15) is 4.79 Å². The van der Waals surface area contributed by atoms with Gasteiger partial charge in [0.1, 0.15) is 5.69 Å². The summed E-state index contributed by atoms with van der Waals surface area (Å²) in [6.45, 7) is 5.40. The molecule has 1 amide bonds. The van der Waals surface area contributed by atoms with Crippen LogP contribution in [0.4, 0.5) is 0 Å². The fourth-order valence-corrected chi connectivity index (χ4v) is 3.81. The van der Waals surface area contributed by atoms with Crippen molar-refractivity contribution in [3.05, 3.63) is 29.1 Å².